The van der Waals surface area contributed by atoms with Gasteiger partial charge in [0.1, 0.15) is 5.58 Å². The topological polar surface area (TPSA) is 29.3 Å². The number of hydrogen-bond acceptors (Lipinski definition) is 3. The molecule has 0 bridgehead atoms. The number of allylic oxidation sites excluding steroid dienone is 2. The zero-order valence-corrected chi connectivity index (χ0v) is 16.3. The second kappa shape index (κ2) is 6.01. The lowest BCUT2D eigenvalue weighted by Crippen LogP contribution is -2.38. The molecule has 0 fully saturated rings. The third-order valence-electron chi connectivity index (χ3n) is 5.76. The number of likely N-dealkylation sites (N-methyl/N-ethyl adjacent to an activating group) is 1. The lowest BCUT2D eigenvalue weighted by Gasteiger charge is -2.40. The smallest absolute Gasteiger partial charge is 0.227 e. The Bertz CT molecular complexity index is 1060. The summed E-state index contributed by atoms with van der Waals surface area (Å²) in [5, 5.41) is 2.23. The Kier molecular flexibility index (Phi) is 3.91. The summed E-state index contributed by atoms with van der Waals surface area (Å²) in [5.41, 5.74) is 6.30. The maximum absolute atomic E-state index is 6.33. The van der Waals surface area contributed by atoms with Crippen LogP contribution in [0.4, 0.5) is 0 Å². The summed E-state index contributed by atoms with van der Waals surface area (Å²) >= 11 is 0. The minimum atomic E-state index is -0.246. The van der Waals surface area contributed by atoms with Crippen LogP contribution < -0.4 is 0 Å². The van der Waals surface area contributed by atoms with Gasteiger partial charge in [0.05, 0.1) is 5.54 Å². The van der Waals surface area contributed by atoms with Crippen molar-refractivity contribution in [1.82, 2.24) is 9.88 Å². The van der Waals surface area contributed by atoms with Crippen LogP contribution in [0.25, 0.3) is 22.1 Å². The van der Waals surface area contributed by atoms with Crippen LogP contribution in [0.2, 0.25) is 0 Å². The summed E-state index contributed by atoms with van der Waals surface area (Å²) in [4.78, 5) is 7.00. The molecule has 0 saturated heterocycles. The lowest BCUT2D eigenvalue weighted by molar-refractivity contribution is 0.258. The first-order valence-corrected chi connectivity index (χ1v) is 9.43. The van der Waals surface area contributed by atoms with Crippen molar-refractivity contribution in [2.45, 2.75) is 46.1 Å². The van der Waals surface area contributed by atoms with Crippen molar-refractivity contribution < 1.29 is 4.42 Å². The number of rotatable bonds is 3. The third kappa shape index (κ3) is 2.38. The van der Waals surface area contributed by atoms with Gasteiger partial charge in [0.15, 0.2) is 0 Å². The summed E-state index contributed by atoms with van der Waals surface area (Å²) < 4.78 is 6.33. The number of aromatic nitrogens is 1. The number of benzene rings is 1. The highest BCUT2D eigenvalue weighted by molar-refractivity contribution is 6.05. The van der Waals surface area contributed by atoms with Gasteiger partial charge in [0, 0.05) is 35.3 Å². The molecule has 26 heavy (non-hydrogen) atoms. The highest BCUT2D eigenvalue weighted by atomic mass is 16.3. The molecule has 134 valence electrons. The molecule has 1 unspecified atom stereocenters. The van der Waals surface area contributed by atoms with Crippen molar-refractivity contribution in [1.29, 1.82) is 0 Å². The summed E-state index contributed by atoms with van der Waals surface area (Å²) in [5.74, 6) is 0. The van der Waals surface area contributed by atoms with E-state index in [0.717, 1.165) is 40.6 Å². The Labute approximate surface area is 155 Å². The van der Waals surface area contributed by atoms with Crippen LogP contribution in [0.1, 0.15) is 44.0 Å². The molecule has 1 aliphatic rings. The summed E-state index contributed by atoms with van der Waals surface area (Å²) in [6.07, 6.45) is 8.73. The predicted molar refractivity (Wildman–Crippen MR) is 108 cm³/mol. The SMILES string of the molecule is CCC1=CN(C)C(C)(c2c(C)ccc3c2oc2nc(CC)ccc23)C=C1. The first-order valence-electron chi connectivity index (χ1n) is 9.43. The third-order valence-corrected chi connectivity index (χ3v) is 5.76. The van der Waals surface area contributed by atoms with Gasteiger partial charge >= 0.3 is 0 Å². The van der Waals surface area contributed by atoms with Gasteiger partial charge < -0.3 is 9.32 Å². The number of furan rings is 1. The first kappa shape index (κ1) is 16.9. The fraction of sp³-hybridized carbons (Fsp3) is 0.348. The average molecular weight is 346 g/mol. The van der Waals surface area contributed by atoms with Crippen LogP contribution in [0.3, 0.4) is 0 Å². The van der Waals surface area contributed by atoms with Crippen molar-refractivity contribution in [2.24, 2.45) is 0 Å². The van der Waals surface area contributed by atoms with E-state index in [0.29, 0.717) is 0 Å². The molecule has 4 rings (SSSR count). The molecular weight excluding hydrogens is 320 g/mol. The molecule has 1 atom stereocenters. The summed E-state index contributed by atoms with van der Waals surface area (Å²) in [6, 6.07) is 8.61. The van der Waals surface area contributed by atoms with Gasteiger partial charge in [-0.1, -0.05) is 38.1 Å². The molecule has 0 aliphatic carbocycles. The number of aryl methyl sites for hydroxylation is 2. The quantitative estimate of drug-likeness (QED) is 0.594. The van der Waals surface area contributed by atoms with E-state index in [1.54, 1.807) is 0 Å². The van der Waals surface area contributed by atoms with Crippen molar-refractivity contribution in [3.05, 3.63) is 65.0 Å². The van der Waals surface area contributed by atoms with E-state index in [4.69, 9.17) is 9.40 Å². The predicted octanol–water partition coefficient (Wildman–Crippen LogP) is 5.86. The van der Waals surface area contributed by atoms with Crippen LogP contribution >= 0.6 is 0 Å². The van der Waals surface area contributed by atoms with Gasteiger partial charge in [-0.2, -0.15) is 0 Å². The van der Waals surface area contributed by atoms with Crippen LogP contribution in [0, 0.1) is 6.92 Å². The minimum Gasteiger partial charge on any atom is -0.437 e. The fourth-order valence-electron chi connectivity index (χ4n) is 3.96. The molecule has 3 nitrogen and oxygen atoms in total. The maximum atomic E-state index is 6.33. The van der Waals surface area contributed by atoms with Crippen LogP contribution in [-0.2, 0) is 12.0 Å². The van der Waals surface area contributed by atoms with Crippen molar-refractivity contribution >= 4 is 22.1 Å². The molecule has 1 aromatic carbocycles. The van der Waals surface area contributed by atoms with Gasteiger partial charge in [-0.3, -0.25) is 0 Å². The van der Waals surface area contributed by atoms with Crippen molar-refractivity contribution in [3.63, 3.8) is 0 Å². The highest BCUT2D eigenvalue weighted by Crippen LogP contribution is 2.42. The van der Waals surface area contributed by atoms with Crippen molar-refractivity contribution in [2.75, 3.05) is 7.05 Å². The van der Waals surface area contributed by atoms with Crippen LogP contribution in [-0.4, -0.2) is 16.9 Å². The van der Waals surface area contributed by atoms with Crippen molar-refractivity contribution in [3.8, 4) is 0 Å². The van der Waals surface area contributed by atoms with E-state index in [9.17, 15) is 0 Å². The minimum absolute atomic E-state index is 0.246. The van der Waals surface area contributed by atoms with E-state index < -0.39 is 0 Å². The average Bonchev–Trinajstić information content (AvgIpc) is 3.00. The Morgan fingerprint density at radius 1 is 1.08 bits per heavy atom. The van der Waals surface area contributed by atoms with E-state index in [2.05, 4.69) is 82.3 Å². The van der Waals surface area contributed by atoms with Gasteiger partial charge in [-0.15, -0.1) is 0 Å². The van der Waals surface area contributed by atoms with E-state index in [1.807, 2.05) is 0 Å². The normalized spacial score (nSPS) is 20.2. The van der Waals surface area contributed by atoms with Crippen LogP contribution in [0.15, 0.2) is 52.6 Å². The Morgan fingerprint density at radius 3 is 2.54 bits per heavy atom. The second-order valence-corrected chi connectivity index (χ2v) is 7.39. The Morgan fingerprint density at radius 2 is 1.85 bits per heavy atom. The molecule has 3 aromatic rings. The number of fused-ring (bicyclic) bond motifs is 3. The summed E-state index contributed by atoms with van der Waals surface area (Å²) in [7, 11) is 2.15. The zero-order chi connectivity index (χ0) is 18.5. The molecule has 0 radical (unpaired) electrons. The number of pyridine rings is 1. The molecule has 0 spiro atoms. The maximum Gasteiger partial charge on any atom is 0.227 e. The van der Waals surface area contributed by atoms with E-state index in [1.165, 1.54) is 16.7 Å². The number of nitrogens with zero attached hydrogens (tertiary/aromatic N) is 2. The molecule has 3 heterocycles. The second-order valence-electron chi connectivity index (χ2n) is 7.39. The van der Waals surface area contributed by atoms with Gasteiger partial charge in [0.25, 0.3) is 0 Å². The number of hydrogen-bond donors (Lipinski definition) is 0. The molecule has 1 aliphatic heterocycles. The highest BCUT2D eigenvalue weighted by Gasteiger charge is 2.34. The Balaban J connectivity index is 1.99. The molecule has 3 heteroatoms. The first-order chi connectivity index (χ1) is 12.5. The van der Waals surface area contributed by atoms with E-state index in [-0.39, 0.29) is 5.54 Å². The zero-order valence-electron chi connectivity index (χ0n) is 16.3. The van der Waals surface area contributed by atoms with Gasteiger partial charge in [0.2, 0.25) is 5.71 Å². The molecule has 0 amide bonds. The lowest BCUT2D eigenvalue weighted by atomic mass is 9.83. The fourth-order valence-corrected chi connectivity index (χ4v) is 3.96. The van der Waals surface area contributed by atoms with Gasteiger partial charge in [-0.05, 0) is 50.0 Å². The molecule has 0 N–H and O–H groups in total. The monoisotopic (exact) mass is 346 g/mol. The van der Waals surface area contributed by atoms with Gasteiger partial charge in [-0.25, -0.2) is 4.98 Å². The molecule has 2 aromatic heterocycles. The molecule has 0 saturated carbocycles. The molecular formula is C23H26N2O. The summed E-state index contributed by atoms with van der Waals surface area (Å²) in [6.45, 7) is 8.73. The van der Waals surface area contributed by atoms with Crippen LogP contribution in [0.5, 0.6) is 0 Å². The largest absolute Gasteiger partial charge is 0.437 e. The Hall–Kier alpha value is -2.55. The standard InChI is InChI=1S/C23H26N2O/c1-6-16-12-13-23(4,25(5)14-16)20-15(3)8-10-18-19-11-9-17(7-2)24-22(19)26-21(18)20/h8-14H,6-7H2,1-5H3. The van der Waals surface area contributed by atoms with E-state index >= 15 is 0 Å².